The highest BCUT2D eigenvalue weighted by molar-refractivity contribution is 5.83. The van der Waals surface area contributed by atoms with Crippen molar-refractivity contribution in [2.45, 2.75) is 84.3 Å². The number of ketones is 1. The molecule has 4 saturated carbocycles. The third-order valence-electron chi connectivity index (χ3n) is 9.04. The molecule has 0 heterocycles. The van der Waals surface area contributed by atoms with E-state index in [4.69, 9.17) is 9.47 Å². The first kappa shape index (κ1) is 21.8. The molecule has 0 radical (unpaired) electrons. The normalized spacial score (nSPS) is 44.9. The van der Waals surface area contributed by atoms with Gasteiger partial charge in [0.15, 0.2) is 5.78 Å². The van der Waals surface area contributed by atoms with E-state index in [-0.39, 0.29) is 41.3 Å². The second-order valence-corrected chi connectivity index (χ2v) is 10.5. The zero-order chi connectivity index (χ0) is 21.6. The summed E-state index contributed by atoms with van der Waals surface area (Å²) in [5, 5.41) is 9.51. The van der Waals surface area contributed by atoms with Crippen LogP contribution < -0.4 is 0 Å². The third kappa shape index (κ3) is 3.69. The summed E-state index contributed by atoms with van der Waals surface area (Å²) in [5.74, 6) is 1.56. The van der Waals surface area contributed by atoms with Crippen LogP contribution in [-0.4, -0.2) is 41.6 Å². The molecule has 4 rings (SSSR count). The number of carbonyl (C=O) groups is 3. The van der Waals surface area contributed by atoms with E-state index in [0.29, 0.717) is 36.0 Å². The van der Waals surface area contributed by atoms with Crippen molar-refractivity contribution in [3.63, 3.8) is 0 Å². The minimum Gasteiger partial charge on any atom is -0.463 e. The molecule has 0 amide bonds. The first-order valence-corrected chi connectivity index (χ1v) is 11.7. The molecule has 168 valence electrons. The maximum Gasteiger partial charge on any atom is 0.302 e. The van der Waals surface area contributed by atoms with E-state index in [1.54, 1.807) is 0 Å². The Morgan fingerprint density at radius 3 is 2.30 bits per heavy atom. The van der Waals surface area contributed by atoms with Gasteiger partial charge in [0, 0.05) is 25.7 Å². The number of aliphatic hydroxyl groups excluding tert-OH is 1. The monoisotopic (exact) mass is 420 g/mol. The lowest BCUT2D eigenvalue weighted by Crippen LogP contribution is -2.56. The molecule has 1 N–H and O–H groups in total. The van der Waals surface area contributed by atoms with Crippen molar-refractivity contribution in [1.82, 2.24) is 0 Å². The van der Waals surface area contributed by atoms with Gasteiger partial charge in [-0.05, 0) is 80.5 Å². The second kappa shape index (κ2) is 8.25. The number of fused-ring (bicyclic) bond motifs is 5. The van der Waals surface area contributed by atoms with Crippen LogP contribution in [0.4, 0.5) is 0 Å². The summed E-state index contributed by atoms with van der Waals surface area (Å²) in [6.07, 6.45) is 7.40. The third-order valence-corrected chi connectivity index (χ3v) is 9.04. The number of esters is 2. The van der Waals surface area contributed by atoms with Crippen molar-refractivity contribution >= 4 is 17.7 Å². The molecule has 9 atom stereocenters. The Balaban J connectivity index is 1.60. The topological polar surface area (TPSA) is 89.9 Å². The fourth-order valence-corrected chi connectivity index (χ4v) is 8.16. The second-order valence-electron chi connectivity index (χ2n) is 10.5. The molecule has 4 aliphatic rings. The average molecular weight is 421 g/mol. The van der Waals surface area contributed by atoms with Crippen molar-refractivity contribution in [3.05, 3.63) is 0 Å². The van der Waals surface area contributed by atoms with Gasteiger partial charge < -0.3 is 14.6 Å². The number of rotatable bonds is 4. The zero-order valence-electron chi connectivity index (χ0n) is 18.5. The van der Waals surface area contributed by atoms with Gasteiger partial charge in [-0.15, -0.1) is 0 Å². The molecule has 6 nitrogen and oxygen atoms in total. The molecule has 0 aromatic heterocycles. The molecule has 4 fully saturated rings. The van der Waals surface area contributed by atoms with Crippen molar-refractivity contribution < 1.29 is 29.0 Å². The van der Waals surface area contributed by atoms with Crippen LogP contribution in [0.3, 0.4) is 0 Å². The van der Waals surface area contributed by atoms with E-state index in [1.165, 1.54) is 13.8 Å². The molecule has 0 saturated heterocycles. The van der Waals surface area contributed by atoms with E-state index in [9.17, 15) is 19.5 Å². The highest BCUT2D eigenvalue weighted by Crippen LogP contribution is 2.64. The van der Waals surface area contributed by atoms with Crippen LogP contribution in [0.2, 0.25) is 0 Å². The van der Waals surface area contributed by atoms with Crippen molar-refractivity contribution in [2.75, 3.05) is 6.61 Å². The summed E-state index contributed by atoms with van der Waals surface area (Å²) in [6, 6.07) is 0. The lowest BCUT2D eigenvalue weighted by atomic mass is 9.48. The Bertz CT molecular complexity index is 704. The minimum absolute atomic E-state index is 0.0133. The molecule has 0 aromatic rings. The highest BCUT2D eigenvalue weighted by atomic mass is 16.5. The molecule has 30 heavy (non-hydrogen) atoms. The predicted molar refractivity (Wildman–Crippen MR) is 109 cm³/mol. The predicted octanol–water partition coefficient (Wildman–Crippen LogP) is 3.29. The summed E-state index contributed by atoms with van der Waals surface area (Å²) in [7, 11) is 0. The number of aliphatic hydroxyl groups is 1. The standard InChI is InChI=1S/C24H36O6/c1-13(26)29-16-5-7-17-15(10-16)4-6-18-19-8-9-20(21(28)12-25)24(19,3)11-22(23(17)18)30-14(2)27/h15-20,22-23,25H,4-12H2,1-3H3/t15-,16-,17+,18+,19+,20-,22-,23-,24+/m1/s1. The van der Waals surface area contributed by atoms with Crippen LogP contribution in [0.1, 0.15) is 72.1 Å². The molecule has 6 heteroatoms. The van der Waals surface area contributed by atoms with Crippen molar-refractivity contribution in [1.29, 1.82) is 0 Å². The van der Waals surface area contributed by atoms with Crippen LogP contribution in [0.15, 0.2) is 0 Å². The zero-order valence-corrected chi connectivity index (χ0v) is 18.5. The first-order valence-electron chi connectivity index (χ1n) is 11.7. The summed E-state index contributed by atoms with van der Waals surface area (Å²) in [6.45, 7) is 4.75. The van der Waals surface area contributed by atoms with Crippen LogP contribution in [0, 0.1) is 40.9 Å². The molecule has 4 aliphatic carbocycles. The van der Waals surface area contributed by atoms with E-state index in [1.807, 2.05) is 0 Å². The lowest BCUT2D eigenvalue weighted by Gasteiger charge is -2.58. The largest absolute Gasteiger partial charge is 0.463 e. The van der Waals surface area contributed by atoms with Gasteiger partial charge in [0.2, 0.25) is 0 Å². The summed E-state index contributed by atoms with van der Waals surface area (Å²) >= 11 is 0. The number of carbonyl (C=O) groups excluding carboxylic acids is 3. The summed E-state index contributed by atoms with van der Waals surface area (Å²) in [5.41, 5.74) is -0.205. The van der Waals surface area contributed by atoms with Gasteiger partial charge in [-0.25, -0.2) is 0 Å². The maximum atomic E-state index is 12.5. The Morgan fingerprint density at radius 1 is 0.933 bits per heavy atom. The van der Waals surface area contributed by atoms with Gasteiger partial charge in [0.25, 0.3) is 0 Å². The van der Waals surface area contributed by atoms with Crippen molar-refractivity contribution in [3.8, 4) is 0 Å². The quantitative estimate of drug-likeness (QED) is 0.702. The molecule has 0 unspecified atom stereocenters. The number of Topliss-reactive ketones (excluding diaryl/α,β-unsaturated/α-hetero) is 1. The minimum atomic E-state index is -0.401. The average Bonchev–Trinajstić information content (AvgIpc) is 3.02. The van der Waals surface area contributed by atoms with Gasteiger partial charge in [-0.3, -0.25) is 14.4 Å². The Labute approximate surface area is 179 Å². The molecule has 0 aromatic carbocycles. The van der Waals surface area contributed by atoms with Gasteiger partial charge >= 0.3 is 11.9 Å². The fourth-order valence-electron chi connectivity index (χ4n) is 8.16. The molecule has 0 aliphatic heterocycles. The maximum absolute atomic E-state index is 12.5. The SMILES string of the molecule is CC(=O)O[C@@H]1CC[C@H]2[C@H](CC[C@@H]3[C@@H]2[C@H](OC(C)=O)C[C@]2(C)[C@@H](C(=O)CO)CC[C@@H]32)C1. The van der Waals surface area contributed by atoms with Crippen LogP contribution in [0.5, 0.6) is 0 Å². The number of ether oxygens (including phenoxy) is 2. The molecular formula is C24H36O6. The first-order chi connectivity index (χ1) is 14.2. The van der Waals surface area contributed by atoms with Crippen LogP contribution in [-0.2, 0) is 23.9 Å². The van der Waals surface area contributed by atoms with Crippen LogP contribution in [0.25, 0.3) is 0 Å². The highest BCUT2D eigenvalue weighted by Gasteiger charge is 2.62. The lowest BCUT2D eigenvalue weighted by molar-refractivity contribution is -0.181. The fraction of sp³-hybridized carbons (Fsp3) is 0.875. The Kier molecular flexibility index (Phi) is 5.99. The van der Waals surface area contributed by atoms with E-state index < -0.39 is 6.61 Å². The number of hydrogen-bond acceptors (Lipinski definition) is 6. The Morgan fingerprint density at radius 2 is 1.63 bits per heavy atom. The van der Waals surface area contributed by atoms with Gasteiger partial charge in [0.05, 0.1) is 0 Å². The molecular weight excluding hydrogens is 384 g/mol. The van der Waals surface area contributed by atoms with Crippen molar-refractivity contribution in [2.24, 2.45) is 40.9 Å². The number of hydrogen-bond donors (Lipinski definition) is 1. The molecule has 0 bridgehead atoms. The van der Waals surface area contributed by atoms with Gasteiger partial charge in [-0.2, -0.15) is 0 Å². The van der Waals surface area contributed by atoms with Crippen LogP contribution >= 0.6 is 0 Å². The Hall–Kier alpha value is -1.43. The smallest absolute Gasteiger partial charge is 0.302 e. The van der Waals surface area contributed by atoms with E-state index in [2.05, 4.69) is 6.92 Å². The summed E-state index contributed by atoms with van der Waals surface area (Å²) in [4.78, 5) is 35.9. The molecule has 0 spiro atoms. The van der Waals surface area contributed by atoms with E-state index >= 15 is 0 Å². The van der Waals surface area contributed by atoms with E-state index in [0.717, 1.165) is 44.9 Å². The van der Waals surface area contributed by atoms with Gasteiger partial charge in [-0.1, -0.05) is 6.92 Å². The van der Waals surface area contributed by atoms with Gasteiger partial charge in [0.1, 0.15) is 18.8 Å². The summed E-state index contributed by atoms with van der Waals surface area (Å²) < 4.78 is 11.5.